The number of aromatic nitrogens is 2. The van der Waals surface area contributed by atoms with Crippen LogP contribution in [0.25, 0.3) is 11.0 Å². The molecule has 108 valence electrons. The molecule has 0 fully saturated rings. The molecule has 2 N–H and O–H groups in total. The Labute approximate surface area is 122 Å². The zero-order chi connectivity index (χ0) is 14.4. The Morgan fingerprint density at radius 2 is 2.25 bits per heavy atom. The van der Waals surface area contributed by atoms with Crippen LogP contribution in [0.5, 0.6) is 0 Å². The van der Waals surface area contributed by atoms with E-state index in [2.05, 4.69) is 15.3 Å². The van der Waals surface area contributed by atoms with Gasteiger partial charge in [0.1, 0.15) is 6.04 Å². The normalized spacial score (nSPS) is 12.5. The van der Waals surface area contributed by atoms with Crippen LogP contribution in [-0.4, -0.2) is 40.9 Å². The summed E-state index contributed by atoms with van der Waals surface area (Å²) in [6.07, 6.45) is 0. The van der Waals surface area contributed by atoms with Crippen molar-refractivity contribution in [2.24, 2.45) is 0 Å². The first-order valence-electron chi connectivity index (χ1n) is 6.72. The maximum atomic E-state index is 11.8. The lowest BCUT2D eigenvalue weighted by Crippen LogP contribution is -2.40. The van der Waals surface area contributed by atoms with Gasteiger partial charge in [0.25, 0.3) is 0 Å². The number of likely N-dealkylation sites (N-methyl/N-ethyl adjacent to an activating group) is 1. The number of esters is 1. The Hall–Kier alpha value is -1.53. The van der Waals surface area contributed by atoms with Crippen molar-refractivity contribution in [3.63, 3.8) is 0 Å². The molecule has 0 saturated carbocycles. The van der Waals surface area contributed by atoms with E-state index in [0.29, 0.717) is 12.4 Å². The lowest BCUT2D eigenvalue weighted by atomic mass is 10.3. The Balaban J connectivity index is 1.99. The molecular weight excluding hydrogens is 274 g/mol. The monoisotopic (exact) mass is 293 g/mol. The van der Waals surface area contributed by atoms with Crippen molar-refractivity contribution < 1.29 is 9.53 Å². The van der Waals surface area contributed by atoms with Crippen molar-refractivity contribution in [2.75, 3.05) is 18.9 Å². The third-order valence-corrected chi connectivity index (χ3v) is 3.74. The van der Waals surface area contributed by atoms with Crippen molar-refractivity contribution in [3.8, 4) is 0 Å². The molecular formula is C14H19N3O2S. The maximum absolute atomic E-state index is 11.8. The molecule has 5 nitrogen and oxygen atoms in total. The van der Waals surface area contributed by atoms with E-state index >= 15 is 0 Å². The number of fused-ring (bicyclic) bond motifs is 1. The van der Waals surface area contributed by atoms with Gasteiger partial charge in [0.15, 0.2) is 5.16 Å². The third kappa shape index (κ3) is 3.74. The van der Waals surface area contributed by atoms with Crippen LogP contribution in [0.3, 0.4) is 0 Å². The van der Waals surface area contributed by atoms with Gasteiger partial charge < -0.3 is 15.0 Å². The molecule has 0 spiro atoms. The highest BCUT2D eigenvalue weighted by Crippen LogP contribution is 2.20. The summed E-state index contributed by atoms with van der Waals surface area (Å²) in [5, 5.41) is 3.95. The molecule has 0 saturated heterocycles. The second kappa shape index (κ2) is 7.31. The molecule has 0 aliphatic carbocycles. The summed E-state index contributed by atoms with van der Waals surface area (Å²) in [7, 11) is 0. The molecule has 2 aromatic rings. The predicted molar refractivity (Wildman–Crippen MR) is 80.9 cm³/mol. The lowest BCUT2D eigenvalue weighted by molar-refractivity contribution is -0.144. The maximum Gasteiger partial charge on any atom is 0.323 e. The Bertz CT molecular complexity index is 537. The van der Waals surface area contributed by atoms with E-state index in [0.717, 1.165) is 22.7 Å². The van der Waals surface area contributed by atoms with Gasteiger partial charge in [-0.05, 0) is 25.6 Å². The molecule has 1 unspecified atom stereocenters. The molecule has 0 radical (unpaired) electrons. The van der Waals surface area contributed by atoms with Gasteiger partial charge in [-0.1, -0.05) is 30.8 Å². The number of nitrogens with zero attached hydrogens (tertiary/aromatic N) is 1. The summed E-state index contributed by atoms with van der Waals surface area (Å²) in [5.74, 6) is 0.380. The number of ether oxygens (including phenoxy) is 1. The number of H-pyrrole nitrogens is 1. The summed E-state index contributed by atoms with van der Waals surface area (Å²) in [6.45, 7) is 4.91. The molecule has 0 amide bonds. The van der Waals surface area contributed by atoms with Gasteiger partial charge >= 0.3 is 5.97 Å². The van der Waals surface area contributed by atoms with E-state index in [1.54, 1.807) is 0 Å². The second-order valence-corrected chi connectivity index (χ2v) is 5.24. The fourth-order valence-electron chi connectivity index (χ4n) is 1.86. The highest BCUT2D eigenvalue weighted by molar-refractivity contribution is 7.99. The van der Waals surface area contributed by atoms with Crippen LogP contribution in [0, 0.1) is 0 Å². The smallest absolute Gasteiger partial charge is 0.323 e. The number of nitrogens with one attached hydrogen (secondary N) is 2. The van der Waals surface area contributed by atoms with Crippen LogP contribution in [-0.2, 0) is 9.53 Å². The molecule has 0 bridgehead atoms. The first-order valence-corrected chi connectivity index (χ1v) is 7.70. The van der Waals surface area contributed by atoms with Gasteiger partial charge in [-0.3, -0.25) is 4.79 Å². The van der Waals surface area contributed by atoms with Gasteiger partial charge in [-0.2, -0.15) is 0 Å². The Morgan fingerprint density at radius 1 is 1.45 bits per heavy atom. The van der Waals surface area contributed by atoms with E-state index in [-0.39, 0.29) is 12.0 Å². The van der Waals surface area contributed by atoms with Crippen molar-refractivity contribution >= 4 is 28.8 Å². The molecule has 20 heavy (non-hydrogen) atoms. The minimum atomic E-state index is -0.307. The van der Waals surface area contributed by atoms with Gasteiger partial charge in [0, 0.05) is 5.75 Å². The van der Waals surface area contributed by atoms with E-state index in [9.17, 15) is 4.79 Å². The first-order chi connectivity index (χ1) is 9.74. The number of carbonyl (C=O) groups excluding carboxylic acids is 1. The van der Waals surface area contributed by atoms with Gasteiger partial charge in [-0.25, -0.2) is 4.98 Å². The van der Waals surface area contributed by atoms with Crippen molar-refractivity contribution in [1.29, 1.82) is 0 Å². The average molecular weight is 293 g/mol. The number of aromatic amines is 1. The summed E-state index contributed by atoms with van der Waals surface area (Å²) in [4.78, 5) is 19.5. The molecule has 1 aromatic heterocycles. The summed E-state index contributed by atoms with van der Waals surface area (Å²) in [6, 6.07) is 7.56. The quantitative estimate of drug-likeness (QED) is 0.605. The molecule has 1 aromatic carbocycles. The number of para-hydroxylation sites is 2. The van der Waals surface area contributed by atoms with E-state index < -0.39 is 0 Å². The van der Waals surface area contributed by atoms with Gasteiger partial charge in [0.2, 0.25) is 0 Å². The number of hydrogen-bond donors (Lipinski definition) is 2. The van der Waals surface area contributed by atoms with Crippen molar-refractivity contribution in [3.05, 3.63) is 24.3 Å². The van der Waals surface area contributed by atoms with E-state index in [4.69, 9.17) is 4.74 Å². The minimum Gasteiger partial charge on any atom is -0.465 e. The molecule has 0 aliphatic rings. The molecule has 6 heteroatoms. The van der Waals surface area contributed by atoms with Crippen molar-refractivity contribution in [1.82, 2.24) is 15.3 Å². The number of hydrogen-bond acceptors (Lipinski definition) is 5. The topological polar surface area (TPSA) is 67.0 Å². The largest absolute Gasteiger partial charge is 0.465 e. The van der Waals surface area contributed by atoms with Crippen LogP contribution in [0.1, 0.15) is 13.8 Å². The predicted octanol–water partition coefficient (Wildman–Crippen LogP) is 2.20. The molecule has 2 rings (SSSR count). The number of rotatable bonds is 7. The van der Waals surface area contributed by atoms with Crippen LogP contribution in [0.2, 0.25) is 0 Å². The Morgan fingerprint density at radius 3 is 2.95 bits per heavy atom. The zero-order valence-corrected chi connectivity index (χ0v) is 12.5. The fraction of sp³-hybridized carbons (Fsp3) is 0.429. The van der Waals surface area contributed by atoms with Crippen molar-refractivity contribution in [2.45, 2.75) is 25.0 Å². The number of carbonyl (C=O) groups is 1. The number of imidazole rings is 1. The zero-order valence-electron chi connectivity index (χ0n) is 11.7. The first kappa shape index (κ1) is 14.9. The fourth-order valence-corrected chi connectivity index (χ4v) is 2.78. The summed E-state index contributed by atoms with van der Waals surface area (Å²) in [5.41, 5.74) is 1.94. The van der Waals surface area contributed by atoms with Crippen LogP contribution >= 0.6 is 11.8 Å². The van der Waals surface area contributed by atoms with Crippen LogP contribution in [0.4, 0.5) is 0 Å². The lowest BCUT2D eigenvalue weighted by Gasteiger charge is -2.14. The molecule has 1 atom stereocenters. The van der Waals surface area contributed by atoms with Crippen LogP contribution in [0.15, 0.2) is 29.4 Å². The SMILES string of the molecule is CCNC(CSc1nc2ccccc2[nH]1)C(=O)OCC. The average Bonchev–Trinajstić information content (AvgIpc) is 2.86. The number of thioether (sulfide) groups is 1. The number of benzene rings is 1. The summed E-state index contributed by atoms with van der Waals surface area (Å²) < 4.78 is 5.06. The standard InChI is InChI=1S/C14H19N3O2S/c1-3-15-12(13(18)19-4-2)9-20-14-16-10-7-5-6-8-11(10)17-14/h5-8,12,15H,3-4,9H2,1-2H3,(H,16,17). The highest BCUT2D eigenvalue weighted by atomic mass is 32.2. The van der Waals surface area contributed by atoms with Gasteiger partial charge in [-0.15, -0.1) is 0 Å². The van der Waals surface area contributed by atoms with Crippen LogP contribution < -0.4 is 5.32 Å². The van der Waals surface area contributed by atoms with Gasteiger partial charge in [0.05, 0.1) is 17.6 Å². The third-order valence-electron chi connectivity index (χ3n) is 2.78. The second-order valence-electron chi connectivity index (χ2n) is 4.23. The highest BCUT2D eigenvalue weighted by Gasteiger charge is 2.19. The molecule has 0 aliphatic heterocycles. The Kier molecular flexibility index (Phi) is 5.43. The minimum absolute atomic E-state index is 0.210. The molecule has 1 heterocycles. The van der Waals surface area contributed by atoms with E-state index in [1.165, 1.54) is 11.8 Å². The summed E-state index contributed by atoms with van der Waals surface area (Å²) >= 11 is 1.52. The van der Waals surface area contributed by atoms with E-state index in [1.807, 2.05) is 38.1 Å².